The van der Waals surface area contributed by atoms with Gasteiger partial charge in [-0.3, -0.25) is 19.0 Å². The Bertz CT molecular complexity index is 952. The maximum atomic E-state index is 13.3. The van der Waals surface area contributed by atoms with Gasteiger partial charge in [-0.25, -0.2) is 0 Å². The average Bonchev–Trinajstić information content (AvgIpc) is 3.13. The first-order valence-corrected chi connectivity index (χ1v) is 9.93. The second kappa shape index (κ2) is 8.61. The molecule has 1 aromatic carbocycles. The van der Waals surface area contributed by atoms with Crippen LogP contribution in [0, 0.1) is 5.92 Å². The third-order valence-corrected chi connectivity index (χ3v) is 5.37. The summed E-state index contributed by atoms with van der Waals surface area (Å²) >= 11 is 0. The maximum absolute atomic E-state index is 13.3. The van der Waals surface area contributed by atoms with Crippen molar-refractivity contribution in [3.63, 3.8) is 0 Å². The van der Waals surface area contributed by atoms with Crippen LogP contribution in [0.5, 0.6) is 0 Å². The molecule has 1 aliphatic rings. The molecule has 154 valence electrons. The van der Waals surface area contributed by atoms with Gasteiger partial charge in [0.15, 0.2) is 0 Å². The number of fused-ring (bicyclic) bond motifs is 1. The van der Waals surface area contributed by atoms with E-state index in [0.29, 0.717) is 13.0 Å². The molecule has 0 unspecified atom stereocenters. The van der Waals surface area contributed by atoms with Gasteiger partial charge in [0, 0.05) is 24.5 Å². The summed E-state index contributed by atoms with van der Waals surface area (Å²) in [7, 11) is 1.70. The van der Waals surface area contributed by atoms with Gasteiger partial charge in [-0.15, -0.1) is 0 Å². The van der Waals surface area contributed by atoms with Crippen LogP contribution in [-0.2, 0) is 16.0 Å². The molecule has 1 aromatic heterocycles. The van der Waals surface area contributed by atoms with Crippen LogP contribution in [-0.4, -0.2) is 42.1 Å². The summed E-state index contributed by atoms with van der Waals surface area (Å²) in [6, 6.07) is 9.90. The van der Waals surface area contributed by atoms with Gasteiger partial charge >= 0.3 is 0 Å². The average molecular weight is 396 g/mol. The number of nitrogens with one attached hydrogen (secondary N) is 2. The smallest absolute Gasteiger partial charge is 0.255 e. The number of carbonyl (C=O) groups is 2. The number of amides is 2. The topological polar surface area (TPSA) is 83.4 Å². The first-order chi connectivity index (χ1) is 13.8. The maximum Gasteiger partial charge on any atom is 0.255 e. The number of pyridine rings is 1. The Labute approximate surface area is 170 Å². The van der Waals surface area contributed by atoms with Crippen molar-refractivity contribution < 1.29 is 9.59 Å². The van der Waals surface area contributed by atoms with Crippen molar-refractivity contribution in [1.29, 1.82) is 0 Å². The Hall–Kier alpha value is -2.93. The summed E-state index contributed by atoms with van der Waals surface area (Å²) in [6.07, 6.45) is 2.35. The van der Waals surface area contributed by atoms with Crippen molar-refractivity contribution in [2.45, 2.75) is 39.3 Å². The Morgan fingerprint density at radius 2 is 1.79 bits per heavy atom. The number of benzene rings is 1. The zero-order valence-corrected chi connectivity index (χ0v) is 17.3. The van der Waals surface area contributed by atoms with E-state index in [4.69, 9.17) is 0 Å². The molecule has 7 heteroatoms. The van der Waals surface area contributed by atoms with E-state index < -0.39 is 12.1 Å². The second-order valence-electron chi connectivity index (χ2n) is 7.71. The largest absolute Gasteiger partial charge is 0.343 e. The minimum absolute atomic E-state index is 0.0698. The molecule has 0 fully saturated rings. The van der Waals surface area contributed by atoms with Crippen molar-refractivity contribution >= 4 is 17.5 Å². The molecule has 3 rings (SSSR count). The van der Waals surface area contributed by atoms with Gasteiger partial charge in [-0.2, -0.15) is 0 Å². The van der Waals surface area contributed by atoms with E-state index in [1.165, 1.54) is 0 Å². The van der Waals surface area contributed by atoms with Crippen molar-refractivity contribution in [1.82, 2.24) is 15.2 Å². The zero-order valence-electron chi connectivity index (χ0n) is 17.3. The molecule has 0 aliphatic carbocycles. The lowest BCUT2D eigenvalue weighted by Crippen LogP contribution is -2.54. The summed E-state index contributed by atoms with van der Waals surface area (Å²) in [5.74, 6) is -0.443. The monoisotopic (exact) mass is 396 g/mol. The molecule has 2 atom stereocenters. The van der Waals surface area contributed by atoms with E-state index in [0.717, 1.165) is 16.9 Å². The molecule has 0 saturated carbocycles. The van der Waals surface area contributed by atoms with Crippen LogP contribution in [0.3, 0.4) is 0 Å². The van der Waals surface area contributed by atoms with Gasteiger partial charge in [0.05, 0.1) is 11.7 Å². The molecule has 0 saturated heterocycles. The number of para-hydroxylation sites is 1. The van der Waals surface area contributed by atoms with Gasteiger partial charge in [0.1, 0.15) is 6.04 Å². The van der Waals surface area contributed by atoms with E-state index in [1.54, 1.807) is 35.7 Å². The van der Waals surface area contributed by atoms with Crippen LogP contribution in [0.25, 0.3) is 5.69 Å². The van der Waals surface area contributed by atoms with Crippen LogP contribution in [0.1, 0.15) is 26.3 Å². The molecule has 1 aliphatic heterocycles. The van der Waals surface area contributed by atoms with E-state index >= 15 is 0 Å². The molecular formula is C22H28N4O3. The van der Waals surface area contributed by atoms with Crippen molar-refractivity contribution in [3.8, 4) is 5.69 Å². The number of carbonyl (C=O) groups excluding carboxylic acids is 2. The molecule has 0 radical (unpaired) electrons. The lowest BCUT2D eigenvalue weighted by Gasteiger charge is -2.28. The first-order valence-electron chi connectivity index (χ1n) is 9.93. The highest BCUT2D eigenvalue weighted by Crippen LogP contribution is 2.28. The Morgan fingerprint density at radius 1 is 1.10 bits per heavy atom. The number of nitrogens with zero attached hydrogens (tertiary/aromatic N) is 2. The summed E-state index contributed by atoms with van der Waals surface area (Å²) < 4.78 is 1.55. The van der Waals surface area contributed by atoms with Gasteiger partial charge in [0.2, 0.25) is 11.8 Å². The van der Waals surface area contributed by atoms with Gasteiger partial charge in [-0.05, 0) is 44.0 Å². The van der Waals surface area contributed by atoms with E-state index in [9.17, 15) is 14.4 Å². The van der Waals surface area contributed by atoms with Crippen LogP contribution in [0.15, 0.2) is 47.4 Å². The SMILES string of the molecule is CN[C@@H](C)C(=O)N[C@H](C(=O)N1CCc2cc(=O)n(-c3ccccc3)cc21)C(C)C. The summed E-state index contributed by atoms with van der Waals surface area (Å²) in [6.45, 7) is 6.07. The van der Waals surface area contributed by atoms with E-state index in [1.807, 2.05) is 44.2 Å². The van der Waals surface area contributed by atoms with Crippen molar-refractivity contribution in [3.05, 3.63) is 58.5 Å². The number of rotatable bonds is 6. The number of hydrogen-bond acceptors (Lipinski definition) is 4. The molecule has 7 nitrogen and oxygen atoms in total. The Balaban J connectivity index is 1.92. The normalized spacial score (nSPS) is 15.1. The lowest BCUT2D eigenvalue weighted by atomic mass is 10.0. The molecule has 2 aromatic rings. The van der Waals surface area contributed by atoms with Gasteiger partial charge in [-0.1, -0.05) is 32.0 Å². The summed E-state index contributed by atoms with van der Waals surface area (Å²) in [5.41, 5.74) is 2.20. The molecule has 0 spiro atoms. The van der Waals surface area contributed by atoms with Crippen LogP contribution < -0.4 is 21.1 Å². The van der Waals surface area contributed by atoms with Crippen LogP contribution >= 0.6 is 0 Å². The molecule has 2 amide bonds. The number of hydrogen-bond donors (Lipinski definition) is 2. The first kappa shape index (κ1) is 20.8. The highest BCUT2D eigenvalue weighted by Gasteiger charge is 2.34. The fourth-order valence-electron chi connectivity index (χ4n) is 3.47. The molecule has 29 heavy (non-hydrogen) atoms. The van der Waals surface area contributed by atoms with Crippen LogP contribution in [0.2, 0.25) is 0 Å². The predicted octanol–water partition coefficient (Wildman–Crippen LogP) is 1.48. The number of likely N-dealkylation sites (N-methyl/N-ethyl adjacent to an activating group) is 1. The van der Waals surface area contributed by atoms with Crippen molar-refractivity contribution in [2.24, 2.45) is 5.92 Å². The standard InChI is InChI=1S/C22H28N4O3/c1-14(2)20(24-21(28)15(3)23-4)22(29)25-11-10-16-12-19(27)26(13-18(16)25)17-8-6-5-7-9-17/h5-9,12-15,20,23H,10-11H2,1-4H3,(H,24,28)/t15-,20-/m0/s1. The minimum Gasteiger partial charge on any atom is -0.343 e. The van der Waals surface area contributed by atoms with Gasteiger partial charge < -0.3 is 15.5 Å². The molecule has 2 N–H and O–H groups in total. The Kier molecular flexibility index (Phi) is 6.17. The van der Waals surface area contributed by atoms with Crippen molar-refractivity contribution in [2.75, 3.05) is 18.5 Å². The third-order valence-electron chi connectivity index (χ3n) is 5.37. The van der Waals surface area contributed by atoms with E-state index in [-0.39, 0.29) is 23.3 Å². The fraction of sp³-hybridized carbons (Fsp3) is 0.409. The highest BCUT2D eigenvalue weighted by molar-refractivity contribution is 6.01. The summed E-state index contributed by atoms with van der Waals surface area (Å²) in [4.78, 5) is 39.9. The minimum atomic E-state index is -0.638. The molecular weight excluding hydrogens is 368 g/mol. The highest BCUT2D eigenvalue weighted by atomic mass is 16.2. The van der Waals surface area contributed by atoms with Gasteiger partial charge in [0.25, 0.3) is 5.56 Å². The summed E-state index contributed by atoms with van der Waals surface area (Å²) in [5, 5.41) is 5.76. The molecule has 2 heterocycles. The second-order valence-corrected chi connectivity index (χ2v) is 7.71. The quantitative estimate of drug-likeness (QED) is 0.775. The van der Waals surface area contributed by atoms with E-state index in [2.05, 4.69) is 10.6 Å². The van der Waals surface area contributed by atoms with Crippen LogP contribution in [0.4, 0.5) is 5.69 Å². The number of aromatic nitrogens is 1. The zero-order chi connectivity index (χ0) is 21.1. The number of anilines is 1. The molecule has 0 bridgehead atoms. The Morgan fingerprint density at radius 3 is 2.41 bits per heavy atom. The third kappa shape index (κ3) is 4.24. The lowest BCUT2D eigenvalue weighted by molar-refractivity contribution is -0.129. The fourth-order valence-corrected chi connectivity index (χ4v) is 3.47. The predicted molar refractivity (Wildman–Crippen MR) is 113 cm³/mol.